The molecule has 0 aliphatic carbocycles. The highest BCUT2D eigenvalue weighted by molar-refractivity contribution is 7.10. The number of nitrogens with zero attached hydrogens (tertiary/aromatic N) is 3. The Balaban J connectivity index is 1.56. The smallest absolute Gasteiger partial charge is 0.272 e. The minimum absolute atomic E-state index is 0.0239. The van der Waals surface area contributed by atoms with Crippen LogP contribution in [0.1, 0.15) is 21.4 Å². The van der Waals surface area contributed by atoms with Crippen molar-refractivity contribution in [1.29, 1.82) is 0 Å². The molecule has 130 valence electrons. The average molecular weight is 380 g/mol. The van der Waals surface area contributed by atoms with Gasteiger partial charge in [0.25, 0.3) is 5.56 Å². The van der Waals surface area contributed by atoms with E-state index in [0.717, 1.165) is 23.7 Å². The van der Waals surface area contributed by atoms with E-state index in [-0.39, 0.29) is 11.6 Å². The second kappa shape index (κ2) is 6.46. The van der Waals surface area contributed by atoms with Gasteiger partial charge in [-0.2, -0.15) is 5.10 Å². The summed E-state index contributed by atoms with van der Waals surface area (Å²) in [5.74, 6) is 0. The number of fused-ring (bicyclic) bond motifs is 2. The molecule has 1 aromatic carbocycles. The molecule has 0 N–H and O–H groups in total. The number of benzene rings is 1. The minimum atomic E-state index is -0.0239. The maximum absolute atomic E-state index is 12.9. The van der Waals surface area contributed by atoms with Gasteiger partial charge >= 0.3 is 0 Å². The molecule has 5 rings (SSSR count). The lowest BCUT2D eigenvalue weighted by molar-refractivity contribution is 0.156. The lowest BCUT2D eigenvalue weighted by Crippen LogP contribution is -2.40. The van der Waals surface area contributed by atoms with E-state index in [0.29, 0.717) is 6.67 Å². The van der Waals surface area contributed by atoms with Gasteiger partial charge < -0.3 is 0 Å². The topological polar surface area (TPSA) is 38.1 Å². The average Bonchev–Trinajstić information content (AvgIpc) is 3.35. The van der Waals surface area contributed by atoms with Gasteiger partial charge in [0, 0.05) is 21.7 Å². The Morgan fingerprint density at radius 3 is 2.88 bits per heavy atom. The van der Waals surface area contributed by atoms with Crippen molar-refractivity contribution in [3.8, 4) is 0 Å². The predicted octanol–water partition coefficient (Wildman–Crippen LogP) is 4.12. The standard InChI is InChI=1S/C20H17N3OS2/c24-20-15-5-2-1-4-14(15)12-21-23(20)13-22-9-7-17-16(8-11-26-17)19(22)18-6-3-10-25-18/h1-6,8,10-12,19H,7,9,13H2/t19-/m1/s1. The van der Waals surface area contributed by atoms with Crippen molar-refractivity contribution >= 4 is 33.4 Å². The summed E-state index contributed by atoms with van der Waals surface area (Å²) in [6.07, 6.45) is 2.81. The molecule has 0 fully saturated rings. The summed E-state index contributed by atoms with van der Waals surface area (Å²) in [6, 6.07) is 14.4. The molecular formula is C20H17N3OS2. The fourth-order valence-electron chi connectivity index (χ4n) is 3.70. The van der Waals surface area contributed by atoms with Crippen molar-refractivity contribution < 1.29 is 0 Å². The first-order valence-corrected chi connectivity index (χ1v) is 10.4. The van der Waals surface area contributed by atoms with Crippen LogP contribution < -0.4 is 5.56 Å². The van der Waals surface area contributed by atoms with Gasteiger partial charge in [0.2, 0.25) is 0 Å². The van der Waals surface area contributed by atoms with Crippen LogP contribution in [0.15, 0.2) is 64.2 Å². The summed E-state index contributed by atoms with van der Waals surface area (Å²) in [5.41, 5.74) is 1.35. The van der Waals surface area contributed by atoms with Crippen LogP contribution >= 0.6 is 22.7 Å². The van der Waals surface area contributed by atoms with Crippen LogP contribution in [0.25, 0.3) is 10.8 Å². The maximum atomic E-state index is 12.9. The number of rotatable bonds is 3. The Bertz CT molecular complexity index is 1110. The van der Waals surface area contributed by atoms with Crippen LogP contribution in [0.5, 0.6) is 0 Å². The molecule has 4 nitrogen and oxygen atoms in total. The van der Waals surface area contributed by atoms with E-state index in [1.54, 1.807) is 22.2 Å². The Kier molecular flexibility index (Phi) is 3.96. The van der Waals surface area contributed by atoms with E-state index in [1.807, 2.05) is 35.6 Å². The molecule has 0 bridgehead atoms. The Morgan fingerprint density at radius 2 is 2.00 bits per heavy atom. The molecule has 1 aliphatic heterocycles. The maximum Gasteiger partial charge on any atom is 0.275 e. The zero-order valence-corrected chi connectivity index (χ0v) is 15.7. The van der Waals surface area contributed by atoms with Crippen molar-refractivity contribution in [3.63, 3.8) is 0 Å². The lowest BCUT2D eigenvalue weighted by Gasteiger charge is -2.35. The van der Waals surface area contributed by atoms with Crippen molar-refractivity contribution in [2.75, 3.05) is 6.54 Å². The van der Waals surface area contributed by atoms with Crippen molar-refractivity contribution in [2.45, 2.75) is 19.1 Å². The SMILES string of the molecule is O=c1c2ccccc2cnn1CN1CCc2sccc2[C@@H]1c1cccs1. The first kappa shape index (κ1) is 15.9. The van der Waals surface area contributed by atoms with E-state index >= 15 is 0 Å². The largest absolute Gasteiger partial charge is 0.275 e. The third-order valence-electron chi connectivity index (χ3n) is 4.96. The fraction of sp³-hybridized carbons (Fsp3) is 0.200. The molecular weight excluding hydrogens is 362 g/mol. The predicted molar refractivity (Wildman–Crippen MR) is 107 cm³/mol. The van der Waals surface area contributed by atoms with E-state index in [4.69, 9.17) is 0 Å². The Labute approximate surface area is 159 Å². The van der Waals surface area contributed by atoms with Gasteiger partial charge in [-0.05, 0) is 40.9 Å². The number of thiophene rings is 2. The first-order valence-electron chi connectivity index (χ1n) is 8.60. The summed E-state index contributed by atoms with van der Waals surface area (Å²) in [7, 11) is 0. The molecule has 4 heterocycles. The third kappa shape index (κ3) is 2.61. The molecule has 0 saturated heterocycles. The quantitative estimate of drug-likeness (QED) is 0.537. The monoisotopic (exact) mass is 379 g/mol. The summed E-state index contributed by atoms with van der Waals surface area (Å²) in [5, 5.41) is 10.3. The zero-order valence-electron chi connectivity index (χ0n) is 14.0. The third-order valence-corrected chi connectivity index (χ3v) is 6.88. The highest BCUT2D eigenvalue weighted by atomic mass is 32.1. The van der Waals surface area contributed by atoms with Crippen LogP contribution in [-0.4, -0.2) is 21.2 Å². The molecule has 6 heteroatoms. The van der Waals surface area contributed by atoms with Crippen LogP contribution in [-0.2, 0) is 13.1 Å². The van der Waals surface area contributed by atoms with Gasteiger partial charge in [-0.25, -0.2) is 4.68 Å². The van der Waals surface area contributed by atoms with E-state index in [1.165, 1.54) is 15.3 Å². The van der Waals surface area contributed by atoms with Gasteiger partial charge in [-0.15, -0.1) is 22.7 Å². The number of aromatic nitrogens is 2. The van der Waals surface area contributed by atoms with Gasteiger partial charge in [0.1, 0.15) is 0 Å². The van der Waals surface area contributed by atoms with Gasteiger partial charge in [0.15, 0.2) is 0 Å². The highest BCUT2D eigenvalue weighted by Gasteiger charge is 2.30. The molecule has 1 aliphatic rings. The van der Waals surface area contributed by atoms with Gasteiger partial charge in [-0.1, -0.05) is 24.3 Å². The molecule has 0 radical (unpaired) electrons. The van der Waals surface area contributed by atoms with Crippen LogP contribution in [0, 0.1) is 0 Å². The molecule has 3 aromatic heterocycles. The van der Waals surface area contributed by atoms with Crippen LogP contribution in [0.3, 0.4) is 0 Å². The van der Waals surface area contributed by atoms with Crippen molar-refractivity contribution in [3.05, 3.63) is 85.1 Å². The van der Waals surface area contributed by atoms with Crippen LogP contribution in [0.2, 0.25) is 0 Å². The lowest BCUT2D eigenvalue weighted by atomic mass is 9.99. The molecule has 1 atom stereocenters. The Hall–Kier alpha value is -2.28. The molecule has 0 amide bonds. The second-order valence-corrected chi connectivity index (χ2v) is 8.44. The van der Waals surface area contributed by atoms with Gasteiger partial charge in [-0.3, -0.25) is 9.69 Å². The summed E-state index contributed by atoms with van der Waals surface area (Å²) in [4.78, 5) is 18.0. The normalized spacial score (nSPS) is 17.5. The number of hydrogen-bond acceptors (Lipinski definition) is 5. The van der Waals surface area contributed by atoms with E-state index in [2.05, 4.69) is 39.0 Å². The summed E-state index contributed by atoms with van der Waals surface area (Å²) < 4.78 is 1.60. The van der Waals surface area contributed by atoms with E-state index < -0.39 is 0 Å². The van der Waals surface area contributed by atoms with Crippen molar-refractivity contribution in [2.24, 2.45) is 0 Å². The molecule has 0 spiro atoms. The molecule has 0 saturated carbocycles. The second-order valence-electron chi connectivity index (χ2n) is 6.46. The molecule has 4 aromatic rings. The van der Waals surface area contributed by atoms with Crippen molar-refractivity contribution in [1.82, 2.24) is 14.7 Å². The molecule has 26 heavy (non-hydrogen) atoms. The molecule has 0 unspecified atom stereocenters. The first-order chi connectivity index (χ1) is 12.8. The summed E-state index contributed by atoms with van der Waals surface area (Å²) in [6.45, 7) is 1.43. The zero-order chi connectivity index (χ0) is 17.5. The van der Waals surface area contributed by atoms with Gasteiger partial charge in [0.05, 0.1) is 24.3 Å². The number of hydrogen-bond donors (Lipinski definition) is 0. The highest BCUT2D eigenvalue weighted by Crippen LogP contribution is 2.39. The Morgan fingerprint density at radius 1 is 1.08 bits per heavy atom. The van der Waals surface area contributed by atoms with E-state index in [9.17, 15) is 4.79 Å². The van der Waals surface area contributed by atoms with Crippen LogP contribution in [0.4, 0.5) is 0 Å². The minimum Gasteiger partial charge on any atom is -0.272 e. The summed E-state index contributed by atoms with van der Waals surface area (Å²) >= 11 is 3.61. The fourth-order valence-corrected chi connectivity index (χ4v) is 5.48.